The van der Waals surface area contributed by atoms with E-state index in [9.17, 15) is 9.59 Å². The van der Waals surface area contributed by atoms with Crippen LogP contribution in [0, 0.1) is 13.8 Å². The summed E-state index contributed by atoms with van der Waals surface area (Å²) in [6.07, 6.45) is 1.87. The summed E-state index contributed by atoms with van der Waals surface area (Å²) >= 11 is 1.30. The van der Waals surface area contributed by atoms with Gasteiger partial charge in [0.05, 0.1) is 16.7 Å². The molecule has 28 heavy (non-hydrogen) atoms. The van der Waals surface area contributed by atoms with E-state index in [4.69, 9.17) is 0 Å². The third-order valence-electron chi connectivity index (χ3n) is 4.56. The monoisotopic (exact) mass is 395 g/mol. The molecule has 0 aliphatic heterocycles. The fourth-order valence-electron chi connectivity index (χ4n) is 2.96. The number of aromatic nitrogens is 2. The van der Waals surface area contributed by atoms with Crippen molar-refractivity contribution in [1.82, 2.24) is 9.55 Å². The van der Waals surface area contributed by atoms with Gasteiger partial charge in [0.15, 0.2) is 5.16 Å². The first-order valence-electron chi connectivity index (χ1n) is 9.49. The summed E-state index contributed by atoms with van der Waals surface area (Å²) in [5.41, 5.74) is 3.56. The van der Waals surface area contributed by atoms with Crippen LogP contribution in [0.25, 0.3) is 10.9 Å². The Kier molecular flexibility index (Phi) is 6.52. The number of hydrogen-bond acceptors (Lipinski definition) is 4. The number of aryl methyl sites for hydroxylation is 2. The van der Waals surface area contributed by atoms with Crippen molar-refractivity contribution in [2.45, 2.75) is 45.3 Å². The summed E-state index contributed by atoms with van der Waals surface area (Å²) in [5.74, 6) is 0.0905. The first-order chi connectivity index (χ1) is 13.5. The zero-order chi connectivity index (χ0) is 20.1. The Balaban J connectivity index is 1.81. The standard InChI is InChI=1S/C22H25N3O2S/c1-4-5-12-25-21(27)17-8-6-7-9-18(17)24-22(25)28-14-20(26)23-19-13-15(2)10-11-16(19)3/h6-11,13H,4-5,12,14H2,1-3H3,(H,23,26). The lowest BCUT2D eigenvalue weighted by Crippen LogP contribution is -2.24. The molecule has 1 amide bonds. The number of amides is 1. The molecule has 1 N–H and O–H groups in total. The summed E-state index contributed by atoms with van der Waals surface area (Å²) < 4.78 is 1.70. The van der Waals surface area contributed by atoms with Crippen molar-refractivity contribution in [3.8, 4) is 0 Å². The van der Waals surface area contributed by atoms with Gasteiger partial charge in [-0.3, -0.25) is 14.2 Å². The lowest BCUT2D eigenvalue weighted by Gasteiger charge is -2.13. The maximum atomic E-state index is 12.9. The third-order valence-corrected chi connectivity index (χ3v) is 5.54. The van der Waals surface area contributed by atoms with Crippen molar-refractivity contribution in [1.29, 1.82) is 0 Å². The fraction of sp³-hybridized carbons (Fsp3) is 0.318. The van der Waals surface area contributed by atoms with Gasteiger partial charge in [-0.25, -0.2) is 4.98 Å². The second-order valence-electron chi connectivity index (χ2n) is 6.88. The van der Waals surface area contributed by atoms with Crippen molar-refractivity contribution < 1.29 is 4.79 Å². The minimum atomic E-state index is -0.108. The number of carbonyl (C=O) groups excluding carboxylic acids is 1. The van der Waals surface area contributed by atoms with E-state index in [1.54, 1.807) is 10.6 Å². The molecule has 1 heterocycles. The number of nitrogens with zero attached hydrogens (tertiary/aromatic N) is 2. The normalized spacial score (nSPS) is 11.0. The Labute approximate surface area is 169 Å². The molecule has 0 unspecified atom stereocenters. The molecule has 6 heteroatoms. The molecule has 146 valence electrons. The SMILES string of the molecule is CCCCn1c(SCC(=O)Nc2cc(C)ccc2C)nc2ccccc2c1=O. The molecule has 5 nitrogen and oxygen atoms in total. The minimum Gasteiger partial charge on any atom is -0.325 e. The van der Waals surface area contributed by atoms with Gasteiger partial charge in [-0.1, -0.05) is 49.4 Å². The number of hydrogen-bond donors (Lipinski definition) is 1. The Morgan fingerprint density at radius 2 is 1.96 bits per heavy atom. The molecule has 0 aliphatic rings. The molecule has 0 saturated carbocycles. The number of thioether (sulfide) groups is 1. The lowest BCUT2D eigenvalue weighted by molar-refractivity contribution is -0.113. The molecule has 0 spiro atoms. The lowest BCUT2D eigenvalue weighted by atomic mass is 10.1. The average Bonchev–Trinajstić information content (AvgIpc) is 2.69. The molecular formula is C22H25N3O2S. The highest BCUT2D eigenvalue weighted by molar-refractivity contribution is 7.99. The van der Waals surface area contributed by atoms with Gasteiger partial charge in [0, 0.05) is 12.2 Å². The number of anilines is 1. The average molecular weight is 396 g/mol. The second-order valence-corrected chi connectivity index (χ2v) is 7.82. The number of unbranched alkanes of at least 4 members (excludes halogenated alkanes) is 1. The van der Waals surface area contributed by atoms with Gasteiger partial charge in [0.2, 0.25) is 5.91 Å². The number of benzene rings is 2. The Morgan fingerprint density at radius 1 is 1.18 bits per heavy atom. The molecule has 0 atom stereocenters. The van der Waals surface area contributed by atoms with Crippen LogP contribution in [0.3, 0.4) is 0 Å². The van der Waals surface area contributed by atoms with E-state index in [0.717, 1.165) is 29.7 Å². The molecule has 0 aliphatic carbocycles. The van der Waals surface area contributed by atoms with Crippen LogP contribution in [0.5, 0.6) is 0 Å². The van der Waals surface area contributed by atoms with E-state index < -0.39 is 0 Å². The van der Waals surface area contributed by atoms with Crippen LogP contribution in [-0.2, 0) is 11.3 Å². The van der Waals surface area contributed by atoms with Crippen LogP contribution in [0.15, 0.2) is 52.4 Å². The smallest absolute Gasteiger partial charge is 0.262 e. The predicted molar refractivity (Wildman–Crippen MR) is 116 cm³/mol. The van der Waals surface area contributed by atoms with E-state index in [0.29, 0.717) is 22.6 Å². The number of nitrogens with one attached hydrogen (secondary N) is 1. The Morgan fingerprint density at radius 3 is 2.75 bits per heavy atom. The van der Waals surface area contributed by atoms with Crippen LogP contribution in [0.2, 0.25) is 0 Å². The predicted octanol–water partition coefficient (Wildman–Crippen LogP) is 4.54. The molecule has 2 aromatic carbocycles. The molecular weight excluding hydrogens is 370 g/mol. The molecule has 0 saturated heterocycles. The number of rotatable bonds is 7. The maximum absolute atomic E-state index is 12.9. The van der Waals surface area contributed by atoms with Crippen LogP contribution >= 0.6 is 11.8 Å². The molecule has 0 bridgehead atoms. The van der Waals surface area contributed by atoms with Gasteiger partial charge in [-0.15, -0.1) is 0 Å². The van der Waals surface area contributed by atoms with E-state index in [2.05, 4.69) is 17.2 Å². The first kappa shape index (κ1) is 20.1. The molecule has 0 radical (unpaired) electrons. The van der Waals surface area contributed by atoms with E-state index in [1.165, 1.54) is 11.8 Å². The third kappa shape index (κ3) is 4.62. The van der Waals surface area contributed by atoms with E-state index in [1.807, 2.05) is 50.2 Å². The molecule has 0 fully saturated rings. The number of fused-ring (bicyclic) bond motifs is 1. The highest BCUT2D eigenvalue weighted by Crippen LogP contribution is 2.20. The van der Waals surface area contributed by atoms with Gasteiger partial charge in [-0.05, 0) is 49.6 Å². The molecule has 3 rings (SSSR count). The van der Waals surface area contributed by atoms with Crippen LogP contribution in [0.1, 0.15) is 30.9 Å². The minimum absolute atomic E-state index is 0.0449. The van der Waals surface area contributed by atoms with Crippen molar-refractivity contribution >= 4 is 34.3 Å². The zero-order valence-electron chi connectivity index (χ0n) is 16.5. The first-order valence-corrected chi connectivity index (χ1v) is 10.5. The largest absolute Gasteiger partial charge is 0.325 e. The van der Waals surface area contributed by atoms with Crippen LogP contribution in [0.4, 0.5) is 5.69 Å². The maximum Gasteiger partial charge on any atom is 0.262 e. The van der Waals surface area contributed by atoms with Gasteiger partial charge in [0.25, 0.3) is 5.56 Å². The zero-order valence-corrected chi connectivity index (χ0v) is 17.3. The summed E-state index contributed by atoms with van der Waals surface area (Å²) in [4.78, 5) is 30.0. The van der Waals surface area contributed by atoms with Gasteiger partial charge in [0.1, 0.15) is 0 Å². The summed E-state index contributed by atoms with van der Waals surface area (Å²) in [6, 6.07) is 13.3. The quantitative estimate of drug-likeness (QED) is 0.471. The summed E-state index contributed by atoms with van der Waals surface area (Å²) in [5, 5.41) is 4.17. The van der Waals surface area contributed by atoms with Crippen LogP contribution in [-0.4, -0.2) is 21.2 Å². The highest BCUT2D eigenvalue weighted by Gasteiger charge is 2.13. The fourth-order valence-corrected chi connectivity index (χ4v) is 3.78. The summed E-state index contributed by atoms with van der Waals surface area (Å²) in [7, 11) is 0. The second kappa shape index (κ2) is 9.06. The molecule has 3 aromatic rings. The van der Waals surface area contributed by atoms with Gasteiger partial charge in [-0.2, -0.15) is 0 Å². The summed E-state index contributed by atoms with van der Waals surface area (Å²) in [6.45, 7) is 6.66. The number of para-hydroxylation sites is 1. The Bertz CT molecular complexity index is 1060. The molecule has 1 aromatic heterocycles. The topological polar surface area (TPSA) is 64.0 Å². The van der Waals surface area contributed by atoms with E-state index >= 15 is 0 Å². The van der Waals surface area contributed by atoms with Gasteiger partial charge < -0.3 is 5.32 Å². The number of carbonyl (C=O) groups is 1. The van der Waals surface area contributed by atoms with Crippen molar-refractivity contribution in [2.75, 3.05) is 11.1 Å². The Hall–Kier alpha value is -2.60. The van der Waals surface area contributed by atoms with Crippen molar-refractivity contribution in [2.24, 2.45) is 0 Å². The van der Waals surface area contributed by atoms with Gasteiger partial charge >= 0.3 is 0 Å². The van der Waals surface area contributed by atoms with E-state index in [-0.39, 0.29) is 17.2 Å². The van der Waals surface area contributed by atoms with Crippen molar-refractivity contribution in [3.05, 3.63) is 63.9 Å². The van der Waals surface area contributed by atoms with Crippen molar-refractivity contribution in [3.63, 3.8) is 0 Å². The highest BCUT2D eigenvalue weighted by atomic mass is 32.2. The van der Waals surface area contributed by atoms with Crippen LogP contribution < -0.4 is 10.9 Å².